The van der Waals surface area contributed by atoms with Crippen LogP contribution in [-0.4, -0.2) is 32.5 Å². The van der Waals surface area contributed by atoms with Crippen molar-refractivity contribution in [3.05, 3.63) is 0 Å². The molecular weight excluding hydrogens is 210 g/mol. The molecule has 0 aliphatic heterocycles. The van der Waals surface area contributed by atoms with Crippen LogP contribution in [0.3, 0.4) is 0 Å². The Balaban J connectivity index is 2.25. The van der Waals surface area contributed by atoms with Crippen LogP contribution in [0.25, 0.3) is 0 Å². The van der Waals surface area contributed by atoms with E-state index < -0.39 is 9.84 Å². The van der Waals surface area contributed by atoms with Crippen LogP contribution in [-0.2, 0) is 9.84 Å². The summed E-state index contributed by atoms with van der Waals surface area (Å²) >= 11 is 0. The summed E-state index contributed by atoms with van der Waals surface area (Å²) < 4.78 is 22.6. The van der Waals surface area contributed by atoms with Gasteiger partial charge in [-0.2, -0.15) is 0 Å². The van der Waals surface area contributed by atoms with Gasteiger partial charge in [-0.05, 0) is 18.8 Å². The lowest BCUT2D eigenvalue weighted by Crippen LogP contribution is -2.35. The summed E-state index contributed by atoms with van der Waals surface area (Å²) in [6, 6.07) is 0.557. The summed E-state index contributed by atoms with van der Waals surface area (Å²) in [7, 11) is -2.80. The van der Waals surface area contributed by atoms with Crippen molar-refractivity contribution in [3.63, 3.8) is 0 Å². The van der Waals surface area contributed by atoms with Crippen LogP contribution in [0.4, 0.5) is 0 Å². The molecule has 1 aliphatic carbocycles. The van der Waals surface area contributed by atoms with E-state index in [1.165, 1.54) is 25.7 Å². The first-order chi connectivity index (χ1) is 7.09. The van der Waals surface area contributed by atoms with E-state index in [1.807, 2.05) is 0 Å². The van der Waals surface area contributed by atoms with E-state index in [1.54, 1.807) is 6.92 Å². The Morgan fingerprint density at radius 1 is 1.27 bits per heavy atom. The molecule has 0 aromatic rings. The molecule has 1 saturated carbocycles. The normalized spacial score (nSPS) is 27.1. The lowest BCUT2D eigenvalue weighted by molar-refractivity contribution is 0.398. The van der Waals surface area contributed by atoms with Crippen LogP contribution < -0.4 is 5.32 Å². The minimum Gasteiger partial charge on any atom is -0.313 e. The van der Waals surface area contributed by atoms with Gasteiger partial charge in [-0.25, -0.2) is 8.42 Å². The lowest BCUT2D eigenvalue weighted by atomic mass is 10.0. The van der Waals surface area contributed by atoms with Crippen molar-refractivity contribution in [2.45, 2.75) is 45.6 Å². The van der Waals surface area contributed by atoms with Gasteiger partial charge in [0.05, 0.1) is 5.75 Å². The van der Waals surface area contributed by atoms with Gasteiger partial charge in [0.15, 0.2) is 9.84 Å². The monoisotopic (exact) mass is 233 g/mol. The van der Waals surface area contributed by atoms with E-state index in [0.717, 1.165) is 5.92 Å². The molecule has 0 aromatic heterocycles. The molecule has 0 heterocycles. The molecule has 2 atom stereocenters. The quantitative estimate of drug-likeness (QED) is 0.758. The molecule has 0 bridgehead atoms. The fourth-order valence-corrected chi connectivity index (χ4v) is 3.06. The van der Waals surface area contributed by atoms with Gasteiger partial charge < -0.3 is 5.32 Å². The van der Waals surface area contributed by atoms with Crippen molar-refractivity contribution in [2.75, 3.05) is 18.1 Å². The molecule has 1 fully saturated rings. The van der Waals surface area contributed by atoms with E-state index in [2.05, 4.69) is 12.2 Å². The average Bonchev–Trinajstić information content (AvgIpc) is 2.65. The second-order valence-corrected chi connectivity index (χ2v) is 6.87. The van der Waals surface area contributed by atoms with Crippen LogP contribution in [0.1, 0.15) is 39.5 Å². The molecule has 3 nitrogen and oxygen atoms in total. The third-order valence-electron chi connectivity index (χ3n) is 3.44. The highest BCUT2D eigenvalue weighted by molar-refractivity contribution is 7.91. The number of hydrogen-bond acceptors (Lipinski definition) is 3. The maximum atomic E-state index is 11.3. The molecule has 1 rings (SSSR count). The SMILES string of the molecule is CCC1CCCC1NCCS(=O)(=O)CC. The second-order valence-electron chi connectivity index (χ2n) is 4.40. The van der Waals surface area contributed by atoms with Gasteiger partial charge in [0, 0.05) is 18.3 Å². The summed E-state index contributed by atoms with van der Waals surface area (Å²) in [5.41, 5.74) is 0. The Bertz CT molecular complexity index is 274. The van der Waals surface area contributed by atoms with Crippen LogP contribution in [0.2, 0.25) is 0 Å². The Morgan fingerprint density at radius 2 is 2.00 bits per heavy atom. The number of hydrogen-bond donors (Lipinski definition) is 1. The standard InChI is InChI=1S/C11H23NO2S/c1-3-10-6-5-7-11(10)12-8-9-15(13,14)4-2/h10-12H,3-9H2,1-2H3. The van der Waals surface area contributed by atoms with Crippen LogP contribution in [0.15, 0.2) is 0 Å². The van der Waals surface area contributed by atoms with E-state index in [4.69, 9.17) is 0 Å². The fourth-order valence-electron chi connectivity index (χ4n) is 2.34. The third kappa shape index (κ3) is 4.11. The molecule has 0 saturated heterocycles. The predicted octanol–water partition coefficient (Wildman–Crippen LogP) is 1.59. The molecule has 1 N–H and O–H groups in total. The molecule has 0 amide bonds. The zero-order chi connectivity index (χ0) is 11.3. The molecule has 4 heteroatoms. The van der Waals surface area contributed by atoms with Crippen LogP contribution in [0, 0.1) is 5.92 Å². The van der Waals surface area contributed by atoms with Gasteiger partial charge in [0.25, 0.3) is 0 Å². The largest absolute Gasteiger partial charge is 0.313 e. The van der Waals surface area contributed by atoms with Crippen molar-refractivity contribution < 1.29 is 8.42 Å². The molecule has 1 aliphatic rings. The van der Waals surface area contributed by atoms with E-state index in [9.17, 15) is 8.42 Å². The molecule has 0 radical (unpaired) electrons. The van der Waals surface area contributed by atoms with E-state index >= 15 is 0 Å². The Labute approximate surface area is 93.6 Å². The maximum Gasteiger partial charge on any atom is 0.151 e. The zero-order valence-corrected chi connectivity index (χ0v) is 10.6. The average molecular weight is 233 g/mol. The number of nitrogens with one attached hydrogen (secondary N) is 1. The van der Waals surface area contributed by atoms with Gasteiger partial charge in [0.2, 0.25) is 0 Å². The first kappa shape index (κ1) is 13.0. The van der Waals surface area contributed by atoms with Gasteiger partial charge in [-0.3, -0.25) is 0 Å². The second kappa shape index (κ2) is 5.85. The first-order valence-electron chi connectivity index (χ1n) is 6.03. The molecule has 0 spiro atoms. The lowest BCUT2D eigenvalue weighted by Gasteiger charge is -2.19. The van der Waals surface area contributed by atoms with Gasteiger partial charge in [-0.1, -0.05) is 26.7 Å². The fraction of sp³-hybridized carbons (Fsp3) is 1.00. The summed E-state index contributed by atoms with van der Waals surface area (Å²) in [5.74, 6) is 1.31. The molecular formula is C11H23NO2S. The summed E-state index contributed by atoms with van der Waals surface area (Å²) in [6.45, 7) is 4.55. The van der Waals surface area contributed by atoms with E-state index in [-0.39, 0.29) is 11.5 Å². The maximum absolute atomic E-state index is 11.3. The number of sulfone groups is 1. The zero-order valence-electron chi connectivity index (χ0n) is 9.83. The van der Waals surface area contributed by atoms with Crippen molar-refractivity contribution in [1.29, 1.82) is 0 Å². The molecule has 2 unspecified atom stereocenters. The topological polar surface area (TPSA) is 46.2 Å². The van der Waals surface area contributed by atoms with Crippen molar-refractivity contribution >= 4 is 9.84 Å². The van der Waals surface area contributed by atoms with Crippen molar-refractivity contribution in [2.24, 2.45) is 5.92 Å². The highest BCUT2D eigenvalue weighted by Crippen LogP contribution is 2.27. The smallest absolute Gasteiger partial charge is 0.151 e. The summed E-state index contributed by atoms with van der Waals surface area (Å²) in [5, 5.41) is 3.39. The highest BCUT2D eigenvalue weighted by atomic mass is 32.2. The van der Waals surface area contributed by atoms with Crippen LogP contribution >= 0.6 is 0 Å². The number of rotatable bonds is 6. The van der Waals surface area contributed by atoms with Crippen molar-refractivity contribution in [3.8, 4) is 0 Å². The molecule has 15 heavy (non-hydrogen) atoms. The van der Waals surface area contributed by atoms with E-state index in [0.29, 0.717) is 12.6 Å². The van der Waals surface area contributed by atoms with Gasteiger partial charge in [0.1, 0.15) is 0 Å². The van der Waals surface area contributed by atoms with Gasteiger partial charge in [-0.15, -0.1) is 0 Å². The highest BCUT2D eigenvalue weighted by Gasteiger charge is 2.25. The third-order valence-corrected chi connectivity index (χ3v) is 5.15. The van der Waals surface area contributed by atoms with Gasteiger partial charge >= 0.3 is 0 Å². The predicted molar refractivity (Wildman–Crippen MR) is 63.8 cm³/mol. The Hall–Kier alpha value is -0.0900. The minimum atomic E-state index is -2.80. The molecule has 0 aromatic carbocycles. The van der Waals surface area contributed by atoms with Crippen LogP contribution in [0.5, 0.6) is 0 Å². The summed E-state index contributed by atoms with van der Waals surface area (Å²) in [4.78, 5) is 0. The first-order valence-corrected chi connectivity index (χ1v) is 7.85. The molecule has 90 valence electrons. The minimum absolute atomic E-state index is 0.260. The van der Waals surface area contributed by atoms with Crippen molar-refractivity contribution in [1.82, 2.24) is 5.32 Å². The Morgan fingerprint density at radius 3 is 2.60 bits per heavy atom. The summed E-state index contributed by atoms with van der Waals surface area (Å²) in [6.07, 6.45) is 5.01. The Kier molecular flexibility index (Phi) is 5.06.